The van der Waals surface area contributed by atoms with Crippen LogP contribution in [0.3, 0.4) is 0 Å². The van der Waals surface area contributed by atoms with Gasteiger partial charge in [-0.1, -0.05) is 323 Å². The maximum atomic E-state index is 14.4. The molecule has 3 aliphatic rings. The Morgan fingerprint density at radius 3 is 0.933 bits per heavy atom. The van der Waals surface area contributed by atoms with E-state index in [0.29, 0.717) is 19.3 Å². The number of rotatable bonds is 68. The highest BCUT2D eigenvalue weighted by molar-refractivity contribution is 7.47. The highest BCUT2D eigenvalue weighted by Gasteiger charge is 2.58. The third-order valence-corrected chi connectivity index (χ3v) is 22.1. The molecule has 11 N–H and O–H groups in total. The van der Waals surface area contributed by atoms with Crippen molar-refractivity contribution >= 4 is 25.7 Å². The first kappa shape index (κ1) is 97.2. The van der Waals surface area contributed by atoms with E-state index in [-0.39, 0.29) is 19.3 Å². The molecule has 1 aliphatic carbocycles. The minimum absolute atomic E-state index is 0.0324. The number of hydrogen-bond acceptors (Lipinski definition) is 23. The number of carbonyl (C=O) groups is 3. The first-order valence-electron chi connectivity index (χ1n) is 42.3. The molecule has 0 radical (unpaired) electrons. The predicted molar refractivity (Wildman–Crippen MR) is 402 cm³/mol. The predicted octanol–water partition coefficient (Wildman–Crippen LogP) is 13.7. The average Bonchev–Trinajstić information content (AvgIpc) is 0.761. The fourth-order valence-corrected chi connectivity index (χ4v) is 15.3. The second-order valence-electron chi connectivity index (χ2n) is 30.6. The molecule has 0 aromatic carbocycles. The molecule has 18 atom stereocenters. The summed E-state index contributed by atoms with van der Waals surface area (Å²) in [5.41, 5.74) is 0. The molecule has 620 valence electrons. The summed E-state index contributed by atoms with van der Waals surface area (Å²) in [5.74, 6) is -1.96. The zero-order valence-corrected chi connectivity index (χ0v) is 66.2. The van der Waals surface area contributed by atoms with Crippen LogP contribution in [0.1, 0.15) is 361 Å². The van der Waals surface area contributed by atoms with E-state index < -0.39 is 156 Å². The third kappa shape index (κ3) is 43.5. The van der Waals surface area contributed by atoms with Crippen LogP contribution in [0.4, 0.5) is 0 Å². The van der Waals surface area contributed by atoms with Crippen molar-refractivity contribution in [3.63, 3.8) is 0 Å². The molecule has 0 bridgehead atoms. The molecule has 2 aliphatic heterocycles. The van der Waals surface area contributed by atoms with Crippen LogP contribution in [0.15, 0.2) is 0 Å². The fraction of sp³-hybridized carbons (Fsp3) is 0.963. The summed E-state index contributed by atoms with van der Waals surface area (Å²) in [4.78, 5) is 51.3. The number of aliphatic hydroxyl groups excluding tert-OH is 10. The molecular weight excluding hydrogens is 1380 g/mol. The molecule has 18 unspecified atom stereocenters. The molecule has 105 heavy (non-hydrogen) atoms. The molecule has 25 heteroatoms. The van der Waals surface area contributed by atoms with Gasteiger partial charge in [-0.05, 0) is 19.3 Å². The van der Waals surface area contributed by atoms with Gasteiger partial charge in [-0.25, -0.2) is 4.57 Å². The van der Waals surface area contributed by atoms with Crippen LogP contribution in [0.25, 0.3) is 0 Å². The Kier molecular flexibility index (Phi) is 56.9. The van der Waals surface area contributed by atoms with Gasteiger partial charge in [0, 0.05) is 19.3 Å². The number of ether oxygens (including phenoxy) is 7. The largest absolute Gasteiger partial charge is 0.472 e. The van der Waals surface area contributed by atoms with Crippen LogP contribution in [0, 0.1) is 0 Å². The Morgan fingerprint density at radius 2 is 0.610 bits per heavy atom. The Bertz CT molecular complexity index is 2150. The van der Waals surface area contributed by atoms with Crippen molar-refractivity contribution in [2.75, 3.05) is 26.4 Å². The lowest BCUT2D eigenvalue weighted by Crippen LogP contribution is -2.69. The molecule has 0 aromatic rings. The lowest BCUT2D eigenvalue weighted by molar-refractivity contribution is -0.360. The lowest BCUT2D eigenvalue weighted by atomic mass is 9.84. The fourth-order valence-electron chi connectivity index (χ4n) is 14.3. The van der Waals surface area contributed by atoms with Crippen LogP contribution in [-0.4, -0.2) is 204 Å². The minimum Gasteiger partial charge on any atom is -0.463 e. The Morgan fingerprint density at radius 1 is 0.333 bits per heavy atom. The zero-order valence-electron chi connectivity index (χ0n) is 65.3. The van der Waals surface area contributed by atoms with Crippen LogP contribution in [0.5, 0.6) is 0 Å². The van der Waals surface area contributed by atoms with E-state index in [1.165, 1.54) is 212 Å². The number of unbranched alkanes of at least 4 members (excludes halogenated alkanes) is 47. The average molecular weight is 1530 g/mol. The molecule has 2 saturated heterocycles. The van der Waals surface area contributed by atoms with Gasteiger partial charge in [0.05, 0.1) is 13.2 Å². The van der Waals surface area contributed by atoms with E-state index in [0.717, 1.165) is 89.9 Å². The Labute approximate surface area is 631 Å². The number of phosphoric ester groups is 1. The van der Waals surface area contributed by atoms with E-state index in [9.17, 15) is 74.9 Å². The quantitative estimate of drug-likeness (QED) is 0.0117. The molecule has 1 saturated carbocycles. The second-order valence-corrected chi connectivity index (χ2v) is 32.0. The molecule has 3 fully saturated rings. The summed E-state index contributed by atoms with van der Waals surface area (Å²) in [6.07, 6.45) is 22.6. The van der Waals surface area contributed by atoms with Crippen LogP contribution in [-0.2, 0) is 61.2 Å². The number of aliphatic hydroxyl groups is 10. The molecular formula is C80H151O24P. The molecule has 0 aromatic heterocycles. The Hall–Kier alpha value is -2.04. The summed E-state index contributed by atoms with van der Waals surface area (Å²) in [6, 6.07) is 0. The van der Waals surface area contributed by atoms with Crippen molar-refractivity contribution in [1.29, 1.82) is 0 Å². The SMILES string of the molecule is CCCCCCCCCCCCCCCCCCCC(=O)OCC(COP(=O)(O)OC1C(OC2OC(CO)C(O)C(O)C2O)C(O)C(O)C(O)C1OC1OC(COC(=O)CCCCCCCCCCCCCCCCCCC)C(O)C(O)C1O)OC(=O)CCCCCCCCCCCCCCCCCC. The van der Waals surface area contributed by atoms with Crippen LogP contribution < -0.4 is 0 Å². The van der Waals surface area contributed by atoms with Crippen molar-refractivity contribution in [3.8, 4) is 0 Å². The Balaban J connectivity index is 1.68. The molecule has 0 amide bonds. The topological polar surface area (TPSA) is 374 Å². The van der Waals surface area contributed by atoms with Gasteiger partial charge in [0.25, 0.3) is 0 Å². The summed E-state index contributed by atoms with van der Waals surface area (Å²) in [7, 11) is -5.70. The first-order chi connectivity index (χ1) is 50.8. The number of carbonyl (C=O) groups excluding carboxylic acids is 3. The molecule has 24 nitrogen and oxygen atoms in total. The van der Waals surface area contributed by atoms with Gasteiger partial charge in [0.15, 0.2) is 18.7 Å². The summed E-state index contributed by atoms with van der Waals surface area (Å²) >= 11 is 0. The summed E-state index contributed by atoms with van der Waals surface area (Å²) in [5, 5.41) is 110. The van der Waals surface area contributed by atoms with Crippen LogP contribution in [0.2, 0.25) is 0 Å². The number of phosphoric acid groups is 1. The number of hydrogen-bond donors (Lipinski definition) is 11. The number of esters is 3. The molecule has 0 spiro atoms. The smallest absolute Gasteiger partial charge is 0.463 e. The highest BCUT2D eigenvalue weighted by atomic mass is 31.2. The first-order valence-corrected chi connectivity index (χ1v) is 43.8. The van der Waals surface area contributed by atoms with Crippen molar-refractivity contribution < 1.29 is 117 Å². The highest BCUT2D eigenvalue weighted by Crippen LogP contribution is 2.49. The van der Waals surface area contributed by atoms with E-state index in [1.54, 1.807) is 0 Å². The van der Waals surface area contributed by atoms with Crippen molar-refractivity contribution in [2.24, 2.45) is 0 Å². The second kappa shape index (κ2) is 61.5. The minimum atomic E-state index is -5.70. The summed E-state index contributed by atoms with van der Waals surface area (Å²) in [6.45, 7) is 3.54. The van der Waals surface area contributed by atoms with Gasteiger partial charge in [-0.2, -0.15) is 0 Å². The van der Waals surface area contributed by atoms with Crippen molar-refractivity contribution in [3.05, 3.63) is 0 Å². The maximum absolute atomic E-state index is 14.4. The molecule has 3 rings (SSSR count). The van der Waals surface area contributed by atoms with Crippen molar-refractivity contribution in [2.45, 2.75) is 465 Å². The third-order valence-electron chi connectivity index (χ3n) is 21.1. The van der Waals surface area contributed by atoms with Crippen LogP contribution >= 0.6 is 7.82 Å². The monoisotopic (exact) mass is 1530 g/mol. The van der Waals surface area contributed by atoms with E-state index in [4.69, 9.17) is 42.2 Å². The normalized spacial score (nSPS) is 26.5. The molecule has 2 heterocycles. The van der Waals surface area contributed by atoms with Gasteiger partial charge in [0.2, 0.25) is 0 Å². The van der Waals surface area contributed by atoms with Crippen molar-refractivity contribution in [1.82, 2.24) is 0 Å². The standard InChI is InChI=1S/C80H151O24P/c1-4-7-10-13-16-19-22-25-28-31-34-36-39-42-45-48-51-54-64(82)96-58-61(99-66(84)56-53-50-47-44-41-38-33-30-27-24-21-18-15-12-9-6-3)59-98-105(94,95)104-78-76(102-79-74(92)69(87)67(85)62(57-81)100-79)72(90)71(89)73(91)77(78)103-80-75(93)70(88)68(86)63(101-80)60-97-65(83)55-52-49-46-43-40-37-35-32-29-26-23-20-17-14-11-8-5-2/h61-63,67-81,85-93H,4-60H2,1-3H3,(H,94,95). The maximum Gasteiger partial charge on any atom is 0.472 e. The zero-order chi connectivity index (χ0) is 76.7. The van der Waals surface area contributed by atoms with Gasteiger partial charge < -0.3 is 89.1 Å². The van der Waals surface area contributed by atoms with E-state index >= 15 is 0 Å². The van der Waals surface area contributed by atoms with E-state index in [2.05, 4.69) is 20.8 Å². The van der Waals surface area contributed by atoms with Gasteiger partial charge in [-0.15, -0.1) is 0 Å². The summed E-state index contributed by atoms with van der Waals surface area (Å²) < 4.78 is 65.3. The van der Waals surface area contributed by atoms with Gasteiger partial charge in [0.1, 0.15) is 98.7 Å². The lowest BCUT2D eigenvalue weighted by Gasteiger charge is -2.49. The van der Waals surface area contributed by atoms with E-state index in [1.807, 2.05) is 0 Å². The van der Waals surface area contributed by atoms with Gasteiger partial charge in [-0.3, -0.25) is 23.4 Å². The van der Waals surface area contributed by atoms with Gasteiger partial charge >= 0.3 is 25.7 Å².